The molecule has 0 saturated carbocycles. The average molecular weight is 473 g/mol. The predicted molar refractivity (Wildman–Crippen MR) is 126 cm³/mol. The zero-order chi connectivity index (χ0) is 24.4. The number of hydrogen-bond acceptors (Lipinski definition) is 4. The van der Waals surface area contributed by atoms with Crippen LogP contribution in [0.15, 0.2) is 85.3 Å². The smallest absolute Gasteiger partial charge is 0.339 e. The summed E-state index contributed by atoms with van der Waals surface area (Å²) < 4.78 is 38.4. The first-order valence-corrected chi connectivity index (χ1v) is 10.7. The maximum atomic E-state index is 12.8. The highest BCUT2D eigenvalue weighted by molar-refractivity contribution is 5.92. The number of carbonyl (C=O) groups is 1. The number of pyridine rings is 3. The van der Waals surface area contributed by atoms with E-state index in [9.17, 15) is 18.0 Å². The van der Waals surface area contributed by atoms with Crippen LogP contribution in [0.1, 0.15) is 11.4 Å². The molecule has 5 rings (SSSR count). The van der Waals surface area contributed by atoms with Gasteiger partial charge in [-0.1, -0.05) is 36.4 Å². The molecule has 0 saturated heterocycles. The van der Waals surface area contributed by atoms with Gasteiger partial charge in [-0.15, -0.1) is 0 Å². The Morgan fingerprint density at radius 2 is 1.66 bits per heavy atom. The molecule has 6 nitrogen and oxygen atoms in total. The van der Waals surface area contributed by atoms with Gasteiger partial charge in [0.2, 0.25) is 5.91 Å². The fraction of sp³-hybridized carbons (Fsp3) is 0.0769. The number of carbonyl (C=O) groups excluding carboxylic acids is 1. The first-order chi connectivity index (χ1) is 16.8. The van der Waals surface area contributed by atoms with Crippen LogP contribution in [0.2, 0.25) is 0 Å². The van der Waals surface area contributed by atoms with Crippen LogP contribution in [-0.2, 0) is 17.4 Å². The third-order valence-corrected chi connectivity index (χ3v) is 5.39. The topological polar surface area (TPSA) is 83.6 Å². The number of halogens is 3. The van der Waals surface area contributed by atoms with E-state index >= 15 is 0 Å². The average Bonchev–Trinajstić information content (AvgIpc) is 3.28. The van der Waals surface area contributed by atoms with Gasteiger partial charge in [-0.25, -0.2) is 4.98 Å². The van der Waals surface area contributed by atoms with Crippen molar-refractivity contribution in [1.82, 2.24) is 19.9 Å². The second-order valence-corrected chi connectivity index (χ2v) is 7.90. The van der Waals surface area contributed by atoms with Gasteiger partial charge >= 0.3 is 6.18 Å². The van der Waals surface area contributed by atoms with Gasteiger partial charge in [0.05, 0.1) is 6.42 Å². The molecule has 35 heavy (non-hydrogen) atoms. The highest BCUT2D eigenvalue weighted by Crippen LogP contribution is 2.29. The maximum Gasteiger partial charge on any atom is 0.433 e. The van der Waals surface area contributed by atoms with E-state index < -0.39 is 17.8 Å². The number of nitrogens with one attached hydrogen (secondary N) is 2. The number of benzene rings is 1. The van der Waals surface area contributed by atoms with Crippen molar-refractivity contribution in [3.63, 3.8) is 0 Å². The molecular weight excluding hydrogens is 455 g/mol. The van der Waals surface area contributed by atoms with Crippen molar-refractivity contribution in [2.75, 3.05) is 5.32 Å². The number of H-pyrrole nitrogens is 1. The maximum absolute atomic E-state index is 12.8. The summed E-state index contributed by atoms with van der Waals surface area (Å²) in [6.07, 6.45) is -0.272. The zero-order valence-electron chi connectivity index (χ0n) is 18.2. The molecular formula is C26H18F3N5O. The third kappa shape index (κ3) is 5.03. The number of anilines is 1. The molecule has 0 aliphatic heterocycles. The number of fused-ring (bicyclic) bond motifs is 1. The molecule has 0 aliphatic rings. The van der Waals surface area contributed by atoms with Gasteiger partial charge in [0.25, 0.3) is 0 Å². The number of alkyl halides is 3. The summed E-state index contributed by atoms with van der Waals surface area (Å²) >= 11 is 0. The predicted octanol–water partition coefficient (Wildman–Crippen LogP) is 5.89. The summed E-state index contributed by atoms with van der Waals surface area (Å²) in [5.41, 5.74) is 3.96. The Morgan fingerprint density at radius 3 is 2.40 bits per heavy atom. The largest absolute Gasteiger partial charge is 0.433 e. The van der Waals surface area contributed by atoms with Crippen molar-refractivity contribution in [2.45, 2.75) is 12.6 Å². The van der Waals surface area contributed by atoms with Crippen LogP contribution < -0.4 is 5.32 Å². The van der Waals surface area contributed by atoms with E-state index in [1.54, 1.807) is 18.5 Å². The Hall–Kier alpha value is -4.53. The molecule has 4 aromatic heterocycles. The monoisotopic (exact) mass is 473 g/mol. The minimum atomic E-state index is -4.58. The molecule has 9 heteroatoms. The second-order valence-electron chi connectivity index (χ2n) is 7.90. The number of aromatic amines is 1. The normalized spacial score (nSPS) is 11.5. The Bertz CT molecular complexity index is 1500. The third-order valence-electron chi connectivity index (χ3n) is 5.39. The van der Waals surface area contributed by atoms with Crippen molar-refractivity contribution >= 4 is 22.6 Å². The minimum absolute atomic E-state index is 0.0229. The van der Waals surface area contributed by atoms with Gasteiger partial charge in [0.15, 0.2) is 0 Å². The Kier molecular flexibility index (Phi) is 5.74. The van der Waals surface area contributed by atoms with Gasteiger partial charge in [-0.2, -0.15) is 13.2 Å². The summed E-state index contributed by atoms with van der Waals surface area (Å²) in [5.74, 6) is -0.478. The van der Waals surface area contributed by atoms with Crippen molar-refractivity contribution in [1.29, 1.82) is 0 Å². The van der Waals surface area contributed by atoms with Crippen LogP contribution in [-0.4, -0.2) is 25.8 Å². The lowest BCUT2D eigenvalue weighted by Gasteiger charge is -2.09. The van der Waals surface area contributed by atoms with Crippen LogP contribution >= 0.6 is 0 Å². The van der Waals surface area contributed by atoms with Crippen molar-refractivity contribution in [3.8, 4) is 22.4 Å². The molecule has 0 bridgehead atoms. The lowest BCUT2D eigenvalue weighted by atomic mass is 10.1. The summed E-state index contributed by atoms with van der Waals surface area (Å²) in [4.78, 5) is 27.7. The van der Waals surface area contributed by atoms with Crippen LogP contribution in [0.4, 0.5) is 18.9 Å². The number of nitrogens with zero attached hydrogens (tertiary/aromatic N) is 3. The second kappa shape index (κ2) is 9.02. The first kappa shape index (κ1) is 22.3. The quantitative estimate of drug-likeness (QED) is 0.334. The molecule has 1 amide bonds. The molecule has 0 radical (unpaired) electrons. The van der Waals surface area contributed by atoms with Gasteiger partial charge in [0, 0.05) is 52.2 Å². The fourth-order valence-corrected chi connectivity index (χ4v) is 3.68. The molecule has 0 atom stereocenters. The van der Waals surface area contributed by atoms with Gasteiger partial charge in [-0.05, 0) is 35.9 Å². The van der Waals surface area contributed by atoms with Gasteiger partial charge in [0.1, 0.15) is 11.3 Å². The van der Waals surface area contributed by atoms with E-state index in [0.717, 1.165) is 45.7 Å². The first-order valence-electron chi connectivity index (χ1n) is 10.7. The molecule has 1 aromatic carbocycles. The van der Waals surface area contributed by atoms with Crippen LogP contribution in [0.5, 0.6) is 0 Å². The molecule has 0 aliphatic carbocycles. The number of rotatable bonds is 5. The molecule has 0 fully saturated rings. The minimum Gasteiger partial charge on any atom is -0.339 e. The van der Waals surface area contributed by atoms with Crippen LogP contribution in [0.25, 0.3) is 33.4 Å². The summed E-state index contributed by atoms with van der Waals surface area (Å²) in [6, 6.07) is 19.6. The summed E-state index contributed by atoms with van der Waals surface area (Å²) in [5, 5.41) is 3.41. The van der Waals surface area contributed by atoms with E-state index in [0.29, 0.717) is 5.69 Å². The van der Waals surface area contributed by atoms with Crippen molar-refractivity contribution in [3.05, 3.63) is 96.7 Å². The van der Waals surface area contributed by atoms with E-state index in [-0.39, 0.29) is 12.1 Å². The lowest BCUT2D eigenvalue weighted by molar-refractivity contribution is -0.141. The molecule has 174 valence electrons. The number of amides is 1. The molecule has 0 spiro atoms. The van der Waals surface area contributed by atoms with Crippen LogP contribution in [0.3, 0.4) is 0 Å². The fourth-order valence-electron chi connectivity index (χ4n) is 3.68. The Labute approximate surface area is 197 Å². The lowest BCUT2D eigenvalue weighted by Crippen LogP contribution is -2.16. The van der Waals surface area contributed by atoms with Gasteiger partial charge < -0.3 is 10.3 Å². The van der Waals surface area contributed by atoms with E-state index in [1.165, 1.54) is 6.07 Å². The van der Waals surface area contributed by atoms with E-state index in [4.69, 9.17) is 0 Å². The van der Waals surface area contributed by atoms with Crippen LogP contribution in [0, 0.1) is 0 Å². The standard InChI is InChI=1S/C26H18F3N5O/c27-26(28,29)23-12-21(8-9-30-23)33-24(35)13-20-7-6-17(14-31-20)19-10-18-11-22(34-25(18)32-15-19)16-4-2-1-3-5-16/h1-12,14-15H,13H2,(H,32,34)(H,30,33,35). The van der Waals surface area contributed by atoms with Crippen molar-refractivity contribution in [2.24, 2.45) is 0 Å². The highest BCUT2D eigenvalue weighted by Gasteiger charge is 2.32. The van der Waals surface area contributed by atoms with E-state index in [1.807, 2.05) is 48.5 Å². The molecule has 2 N–H and O–H groups in total. The zero-order valence-corrected chi connectivity index (χ0v) is 18.2. The number of aromatic nitrogens is 4. The molecule has 5 aromatic rings. The summed E-state index contributed by atoms with van der Waals surface area (Å²) in [7, 11) is 0. The van der Waals surface area contributed by atoms with Crippen molar-refractivity contribution < 1.29 is 18.0 Å². The number of hydrogen-bond donors (Lipinski definition) is 2. The summed E-state index contributed by atoms with van der Waals surface area (Å²) in [6.45, 7) is 0. The van der Waals surface area contributed by atoms with Gasteiger partial charge in [-0.3, -0.25) is 14.8 Å². The Balaban J connectivity index is 1.28. The molecule has 0 unspecified atom stereocenters. The molecule has 4 heterocycles. The Morgan fingerprint density at radius 1 is 0.857 bits per heavy atom. The highest BCUT2D eigenvalue weighted by atomic mass is 19.4. The SMILES string of the molecule is O=C(Cc1ccc(-c2cnc3[nH]c(-c4ccccc4)cc3c2)cn1)Nc1ccnc(C(F)(F)F)c1. The van der Waals surface area contributed by atoms with E-state index in [2.05, 4.69) is 25.3 Å².